The van der Waals surface area contributed by atoms with E-state index in [1.54, 1.807) is 36.1 Å². The van der Waals surface area contributed by atoms with Crippen molar-refractivity contribution in [3.63, 3.8) is 0 Å². The highest BCUT2D eigenvalue weighted by atomic mass is 32.2. The van der Waals surface area contributed by atoms with Gasteiger partial charge in [0.2, 0.25) is 11.8 Å². The molecule has 0 radical (unpaired) electrons. The number of piperazine rings is 1. The summed E-state index contributed by atoms with van der Waals surface area (Å²) in [5, 5.41) is 6.58. The molecule has 3 rings (SSSR count). The molecule has 1 aliphatic rings. The second kappa shape index (κ2) is 10.0. The molecule has 7 nitrogen and oxygen atoms in total. The van der Waals surface area contributed by atoms with E-state index in [-0.39, 0.29) is 24.8 Å². The standard InChI is InChI=1S/C20H24F2N4O3S/c1-13-15(14(2)29-24-13)11-19(28)26-9-7-25(8-10-26)12-18(27)23-16-5-3-4-6-17(16)30-20(21)22/h3-6,20H,7-12H2,1-2H3,(H,23,27). The lowest BCUT2D eigenvalue weighted by Crippen LogP contribution is -2.50. The van der Waals surface area contributed by atoms with Crippen LogP contribution in [-0.4, -0.2) is 65.3 Å². The van der Waals surface area contributed by atoms with E-state index in [1.165, 1.54) is 0 Å². The van der Waals surface area contributed by atoms with E-state index in [9.17, 15) is 18.4 Å². The molecule has 1 aromatic carbocycles. The Bertz CT molecular complexity index is 878. The van der Waals surface area contributed by atoms with Crippen molar-refractivity contribution in [3.8, 4) is 0 Å². The van der Waals surface area contributed by atoms with Crippen LogP contribution in [0.5, 0.6) is 0 Å². The van der Waals surface area contributed by atoms with Gasteiger partial charge in [0.1, 0.15) is 5.76 Å². The summed E-state index contributed by atoms with van der Waals surface area (Å²) < 4.78 is 30.5. The number of aromatic nitrogens is 1. The van der Waals surface area contributed by atoms with E-state index >= 15 is 0 Å². The molecule has 0 bridgehead atoms. The van der Waals surface area contributed by atoms with Crippen molar-refractivity contribution in [1.29, 1.82) is 0 Å². The van der Waals surface area contributed by atoms with Gasteiger partial charge in [-0.2, -0.15) is 8.78 Å². The predicted octanol–water partition coefficient (Wildman–Crippen LogP) is 2.93. The van der Waals surface area contributed by atoms with E-state index in [1.807, 2.05) is 11.8 Å². The maximum Gasteiger partial charge on any atom is 0.288 e. The highest BCUT2D eigenvalue weighted by Gasteiger charge is 2.24. The van der Waals surface area contributed by atoms with Crippen molar-refractivity contribution in [2.75, 3.05) is 38.0 Å². The molecule has 2 amide bonds. The Morgan fingerprint density at radius 3 is 2.53 bits per heavy atom. The van der Waals surface area contributed by atoms with Crippen molar-refractivity contribution in [2.24, 2.45) is 0 Å². The number of anilines is 1. The number of alkyl halides is 2. The van der Waals surface area contributed by atoms with Gasteiger partial charge in [0.05, 0.1) is 24.3 Å². The van der Waals surface area contributed by atoms with Gasteiger partial charge in [0.15, 0.2) is 0 Å². The van der Waals surface area contributed by atoms with E-state index in [4.69, 9.17) is 4.52 Å². The minimum absolute atomic E-state index is 0.00597. The van der Waals surface area contributed by atoms with Crippen molar-refractivity contribution >= 4 is 29.3 Å². The van der Waals surface area contributed by atoms with Crippen LogP contribution in [0, 0.1) is 13.8 Å². The first-order valence-electron chi connectivity index (χ1n) is 9.59. The maximum atomic E-state index is 12.7. The molecule has 2 aromatic rings. The first-order chi connectivity index (χ1) is 14.3. The SMILES string of the molecule is Cc1noc(C)c1CC(=O)N1CCN(CC(=O)Nc2ccccc2SC(F)F)CC1. The minimum atomic E-state index is -2.56. The molecule has 30 heavy (non-hydrogen) atoms. The number of rotatable bonds is 7. The number of thioether (sulfide) groups is 1. The van der Waals surface area contributed by atoms with Crippen LogP contribution in [0.2, 0.25) is 0 Å². The zero-order chi connectivity index (χ0) is 21.7. The van der Waals surface area contributed by atoms with Gasteiger partial charge in [-0.1, -0.05) is 29.1 Å². The molecular weight excluding hydrogens is 414 g/mol. The summed E-state index contributed by atoms with van der Waals surface area (Å²) in [5.41, 5.74) is 1.92. The first kappa shape index (κ1) is 22.2. The second-order valence-corrected chi connectivity index (χ2v) is 8.09. The summed E-state index contributed by atoms with van der Waals surface area (Å²) in [6.07, 6.45) is 0.250. The molecule has 1 fully saturated rings. The minimum Gasteiger partial charge on any atom is -0.361 e. The van der Waals surface area contributed by atoms with Gasteiger partial charge in [0.25, 0.3) is 5.76 Å². The summed E-state index contributed by atoms with van der Waals surface area (Å²) in [7, 11) is 0. The van der Waals surface area contributed by atoms with Crippen molar-refractivity contribution in [3.05, 3.63) is 41.3 Å². The molecule has 1 N–H and O–H groups in total. The molecule has 162 valence electrons. The van der Waals surface area contributed by atoms with Crippen LogP contribution in [0.1, 0.15) is 17.0 Å². The summed E-state index contributed by atoms with van der Waals surface area (Å²) in [6.45, 7) is 5.91. The maximum absolute atomic E-state index is 12.7. The molecule has 0 spiro atoms. The van der Waals surface area contributed by atoms with Crippen LogP contribution in [-0.2, 0) is 16.0 Å². The van der Waals surface area contributed by atoms with Gasteiger partial charge < -0.3 is 14.7 Å². The Hall–Kier alpha value is -2.46. The van der Waals surface area contributed by atoms with Crippen LogP contribution in [0.15, 0.2) is 33.7 Å². The van der Waals surface area contributed by atoms with Crippen LogP contribution in [0.3, 0.4) is 0 Å². The normalized spacial score (nSPS) is 14.9. The fraction of sp³-hybridized carbons (Fsp3) is 0.450. The lowest BCUT2D eigenvalue weighted by molar-refractivity contribution is -0.132. The number of halogens is 2. The van der Waals surface area contributed by atoms with E-state index in [0.29, 0.717) is 54.3 Å². The predicted molar refractivity (Wildman–Crippen MR) is 110 cm³/mol. The number of nitrogens with zero attached hydrogens (tertiary/aromatic N) is 3. The van der Waals surface area contributed by atoms with Crippen molar-refractivity contribution in [1.82, 2.24) is 15.0 Å². The Morgan fingerprint density at radius 2 is 1.90 bits per heavy atom. The number of carbonyl (C=O) groups is 2. The number of amides is 2. The third-order valence-electron chi connectivity index (χ3n) is 4.98. The first-order valence-corrected chi connectivity index (χ1v) is 10.5. The number of nitrogens with one attached hydrogen (secondary N) is 1. The lowest BCUT2D eigenvalue weighted by Gasteiger charge is -2.34. The molecular formula is C20H24F2N4O3S. The quantitative estimate of drug-likeness (QED) is 0.670. The van der Waals surface area contributed by atoms with E-state index in [0.717, 1.165) is 11.3 Å². The van der Waals surface area contributed by atoms with Gasteiger partial charge in [-0.25, -0.2) is 0 Å². The molecule has 0 atom stereocenters. The molecule has 1 aliphatic heterocycles. The van der Waals surface area contributed by atoms with Gasteiger partial charge in [0, 0.05) is 36.6 Å². The Kier molecular flexibility index (Phi) is 7.43. The summed E-state index contributed by atoms with van der Waals surface area (Å²) in [4.78, 5) is 29.0. The number of para-hydroxylation sites is 1. The molecule has 1 saturated heterocycles. The van der Waals surface area contributed by atoms with Gasteiger partial charge in [-0.3, -0.25) is 14.5 Å². The number of hydrogen-bond acceptors (Lipinski definition) is 6. The highest BCUT2D eigenvalue weighted by Crippen LogP contribution is 2.31. The summed E-state index contributed by atoms with van der Waals surface area (Å²) >= 11 is 0.403. The molecule has 0 unspecified atom stereocenters. The molecule has 10 heteroatoms. The molecule has 0 saturated carbocycles. The van der Waals surface area contributed by atoms with Gasteiger partial charge in [-0.15, -0.1) is 0 Å². The van der Waals surface area contributed by atoms with E-state index < -0.39 is 5.76 Å². The molecule has 1 aromatic heterocycles. The summed E-state index contributed by atoms with van der Waals surface area (Å²) in [5.74, 6) is -2.17. The Morgan fingerprint density at radius 1 is 1.20 bits per heavy atom. The average Bonchev–Trinajstić information content (AvgIpc) is 3.01. The largest absolute Gasteiger partial charge is 0.361 e. The van der Waals surface area contributed by atoms with Crippen molar-refractivity contribution < 1.29 is 22.9 Å². The van der Waals surface area contributed by atoms with Crippen LogP contribution in [0.25, 0.3) is 0 Å². The third kappa shape index (κ3) is 5.79. The fourth-order valence-electron chi connectivity index (χ4n) is 3.33. The van der Waals surface area contributed by atoms with Crippen LogP contribution < -0.4 is 5.32 Å². The van der Waals surface area contributed by atoms with Gasteiger partial charge in [-0.05, 0) is 26.0 Å². The van der Waals surface area contributed by atoms with Crippen LogP contribution >= 0.6 is 11.8 Å². The van der Waals surface area contributed by atoms with Crippen molar-refractivity contribution in [2.45, 2.75) is 30.9 Å². The topological polar surface area (TPSA) is 78.7 Å². The fourth-order valence-corrected chi connectivity index (χ4v) is 3.93. The smallest absolute Gasteiger partial charge is 0.288 e. The van der Waals surface area contributed by atoms with Gasteiger partial charge >= 0.3 is 0 Å². The number of aryl methyl sites for hydroxylation is 2. The highest BCUT2D eigenvalue weighted by molar-refractivity contribution is 7.99. The average molecular weight is 439 g/mol. The molecule has 2 heterocycles. The zero-order valence-electron chi connectivity index (χ0n) is 16.9. The third-order valence-corrected chi connectivity index (χ3v) is 5.77. The Labute approximate surface area is 177 Å². The monoisotopic (exact) mass is 438 g/mol. The van der Waals surface area contributed by atoms with E-state index in [2.05, 4.69) is 10.5 Å². The number of carbonyl (C=O) groups excluding carboxylic acids is 2. The second-order valence-electron chi connectivity index (χ2n) is 7.06. The lowest BCUT2D eigenvalue weighted by atomic mass is 10.1. The summed E-state index contributed by atoms with van der Waals surface area (Å²) in [6, 6.07) is 6.50. The molecule has 0 aliphatic carbocycles. The Balaban J connectivity index is 1.48. The zero-order valence-corrected chi connectivity index (χ0v) is 17.7. The van der Waals surface area contributed by atoms with Crippen LogP contribution in [0.4, 0.5) is 14.5 Å². The number of hydrogen-bond donors (Lipinski definition) is 1. The number of benzene rings is 1.